The molecule has 21 heavy (non-hydrogen) atoms. The fraction of sp³-hybridized carbons (Fsp3) is 0.562. The molecular formula is C16H24FNO3. The predicted octanol–water partition coefficient (Wildman–Crippen LogP) is 3.17. The molecule has 1 aromatic carbocycles. The maximum absolute atomic E-state index is 12.7. The van der Waals surface area contributed by atoms with Gasteiger partial charge in [-0.25, -0.2) is 4.39 Å². The van der Waals surface area contributed by atoms with Crippen LogP contribution in [0.5, 0.6) is 5.75 Å². The van der Waals surface area contributed by atoms with Crippen LogP contribution < -0.4 is 4.74 Å². The van der Waals surface area contributed by atoms with Crippen LogP contribution in [0.2, 0.25) is 0 Å². The molecule has 5 heteroatoms. The number of carboxylic acid groups (broad SMARTS) is 1. The summed E-state index contributed by atoms with van der Waals surface area (Å²) in [5.74, 6) is -0.358. The standard InChI is InChI=1S/C16H24FNO3/c1-13(2)18(10-3-5-16(19)20)11-4-12-21-15-8-6-14(17)7-9-15/h6-9,13H,3-5,10-12H2,1-2H3,(H,19,20). The molecular weight excluding hydrogens is 273 g/mol. The second-order valence-corrected chi connectivity index (χ2v) is 5.28. The molecule has 0 aromatic heterocycles. The van der Waals surface area contributed by atoms with Crippen molar-refractivity contribution < 1.29 is 19.0 Å². The van der Waals surface area contributed by atoms with E-state index in [1.165, 1.54) is 12.1 Å². The van der Waals surface area contributed by atoms with E-state index in [4.69, 9.17) is 9.84 Å². The number of carbonyl (C=O) groups is 1. The number of hydrogen-bond acceptors (Lipinski definition) is 3. The SMILES string of the molecule is CC(C)N(CCCOc1ccc(F)cc1)CCCC(=O)O. The second kappa shape index (κ2) is 9.34. The minimum atomic E-state index is -0.752. The Kier molecular flexibility index (Phi) is 7.75. The smallest absolute Gasteiger partial charge is 0.303 e. The summed E-state index contributed by atoms with van der Waals surface area (Å²) in [4.78, 5) is 12.8. The number of hydrogen-bond donors (Lipinski definition) is 1. The molecule has 0 aliphatic carbocycles. The highest BCUT2D eigenvalue weighted by Crippen LogP contribution is 2.11. The van der Waals surface area contributed by atoms with Crippen LogP contribution in [0.4, 0.5) is 4.39 Å². The van der Waals surface area contributed by atoms with Gasteiger partial charge in [-0.3, -0.25) is 4.79 Å². The van der Waals surface area contributed by atoms with Crippen molar-refractivity contribution in [2.75, 3.05) is 19.7 Å². The molecule has 1 aromatic rings. The quantitative estimate of drug-likeness (QED) is 0.674. The first-order chi connectivity index (χ1) is 9.99. The topological polar surface area (TPSA) is 49.8 Å². The number of aliphatic carboxylic acids is 1. The lowest BCUT2D eigenvalue weighted by molar-refractivity contribution is -0.137. The van der Waals surface area contributed by atoms with Gasteiger partial charge in [0.05, 0.1) is 6.61 Å². The molecule has 0 spiro atoms. The van der Waals surface area contributed by atoms with Gasteiger partial charge < -0.3 is 14.7 Å². The lowest BCUT2D eigenvalue weighted by Gasteiger charge is -2.26. The van der Waals surface area contributed by atoms with Crippen molar-refractivity contribution in [3.63, 3.8) is 0 Å². The predicted molar refractivity (Wildman–Crippen MR) is 80.1 cm³/mol. The molecule has 118 valence electrons. The molecule has 0 atom stereocenters. The van der Waals surface area contributed by atoms with Crippen molar-refractivity contribution in [1.29, 1.82) is 0 Å². The number of benzene rings is 1. The zero-order chi connectivity index (χ0) is 15.7. The van der Waals surface area contributed by atoms with Crippen LogP contribution in [0.15, 0.2) is 24.3 Å². The highest BCUT2D eigenvalue weighted by molar-refractivity contribution is 5.66. The Bertz CT molecular complexity index is 420. The number of carboxylic acids is 1. The van der Waals surface area contributed by atoms with Gasteiger partial charge in [0.25, 0.3) is 0 Å². The third kappa shape index (κ3) is 7.66. The molecule has 0 bridgehead atoms. The molecule has 1 N–H and O–H groups in total. The summed E-state index contributed by atoms with van der Waals surface area (Å²) in [6, 6.07) is 6.36. The number of halogens is 1. The Morgan fingerprint density at radius 1 is 1.24 bits per heavy atom. The average Bonchev–Trinajstić information content (AvgIpc) is 2.42. The van der Waals surface area contributed by atoms with Crippen molar-refractivity contribution in [3.05, 3.63) is 30.1 Å². The van der Waals surface area contributed by atoms with E-state index >= 15 is 0 Å². The van der Waals surface area contributed by atoms with Crippen LogP contribution in [0.3, 0.4) is 0 Å². The first-order valence-electron chi connectivity index (χ1n) is 7.33. The summed E-state index contributed by atoms with van der Waals surface area (Å²) in [5, 5.41) is 8.66. The second-order valence-electron chi connectivity index (χ2n) is 5.28. The minimum absolute atomic E-state index is 0.204. The summed E-state index contributed by atoms with van der Waals surface area (Å²) in [5.41, 5.74) is 0. The zero-order valence-electron chi connectivity index (χ0n) is 12.7. The third-order valence-corrected chi connectivity index (χ3v) is 3.24. The Morgan fingerprint density at radius 2 is 1.86 bits per heavy atom. The first kappa shape index (κ1) is 17.4. The van der Waals surface area contributed by atoms with Crippen LogP contribution in [-0.4, -0.2) is 41.7 Å². The maximum atomic E-state index is 12.7. The summed E-state index contributed by atoms with van der Waals surface area (Å²) >= 11 is 0. The van der Waals surface area contributed by atoms with Gasteiger partial charge >= 0.3 is 5.97 Å². The van der Waals surface area contributed by atoms with E-state index in [0.717, 1.165) is 19.5 Å². The van der Waals surface area contributed by atoms with Crippen molar-refractivity contribution in [2.24, 2.45) is 0 Å². The van der Waals surface area contributed by atoms with Gasteiger partial charge in [-0.1, -0.05) is 0 Å². The highest BCUT2D eigenvalue weighted by atomic mass is 19.1. The van der Waals surface area contributed by atoms with Gasteiger partial charge in [-0.2, -0.15) is 0 Å². The van der Waals surface area contributed by atoms with Crippen molar-refractivity contribution in [2.45, 2.75) is 39.2 Å². The fourth-order valence-corrected chi connectivity index (χ4v) is 2.05. The molecule has 4 nitrogen and oxygen atoms in total. The van der Waals surface area contributed by atoms with Crippen molar-refractivity contribution in [1.82, 2.24) is 4.90 Å². The maximum Gasteiger partial charge on any atom is 0.303 e. The number of ether oxygens (including phenoxy) is 1. The van der Waals surface area contributed by atoms with Gasteiger partial charge in [0.2, 0.25) is 0 Å². The van der Waals surface area contributed by atoms with Crippen LogP contribution in [-0.2, 0) is 4.79 Å². The zero-order valence-corrected chi connectivity index (χ0v) is 12.7. The van der Waals surface area contributed by atoms with Crippen molar-refractivity contribution in [3.8, 4) is 5.75 Å². The van der Waals surface area contributed by atoms with E-state index in [1.807, 2.05) is 0 Å². The fourth-order valence-electron chi connectivity index (χ4n) is 2.05. The molecule has 1 rings (SSSR count). The molecule has 0 unspecified atom stereocenters. The first-order valence-corrected chi connectivity index (χ1v) is 7.33. The lowest BCUT2D eigenvalue weighted by Crippen LogP contribution is -2.33. The normalized spacial score (nSPS) is 11.1. The third-order valence-electron chi connectivity index (χ3n) is 3.24. The summed E-state index contributed by atoms with van der Waals surface area (Å²) < 4.78 is 18.3. The Labute approximate surface area is 125 Å². The largest absolute Gasteiger partial charge is 0.494 e. The Hall–Kier alpha value is -1.62. The number of rotatable bonds is 10. The molecule has 0 aliphatic heterocycles. The van der Waals surface area contributed by atoms with Gasteiger partial charge in [0, 0.05) is 19.0 Å². The summed E-state index contributed by atoms with van der Waals surface area (Å²) in [7, 11) is 0. The monoisotopic (exact) mass is 297 g/mol. The molecule has 0 aliphatic rings. The van der Waals surface area contributed by atoms with E-state index in [2.05, 4.69) is 18.7 Å². The Morgan fingerprint density at radius 3 is 2.43 bits per heavy atom. The van der Waals surface area contributed by atoms with Gasteiger partial charge in [-0.05, 0) is 57.5 Å². The van der Waals surface area contributed by atoms with Gasteiger partial charge in [0.15, 0.2) is 0 Å². The molecule has 0 saturated heterocycles. The molecule has 0 amide bonds. The Balaban J connectivity index is 2.23. The van der Waals surface area contributed by atoms with E-state index in [9.17, 15) is 9.18 Å². The van der Waals surface area contributed by atoms with Crippen LogP contribution in [0.1, 0.15) is 33.1 Å². The lowest BCUT2D eigenvalue weighted by atomic mass is 10.2. The number of nitrogens with zero attached hydrogens (tertiary/aromatic N) is 1. The van der Waals surface area contributed by atoms with E-state index < -0.39 is 5.97 Å². The van der Waals surface area contributed by atoms with Gasteiger partial charge in [-0.15, -0.1) is 0 Å². The van der Waals surface area contributed by atoms with E-state index in [1.54, 1.807) is 12.1 Å². The molecule has 0 radical (unpaired) electrons. The minimum Gasteiger partial charge on any atom is -0.494 e. The molecule has 0 fully saturated rings. The summed E-state index contributed by atoms with van der Waals surface area (Å²) in [6.07, 6.45) is 1.71. The average molecular weight is 297 g/mol. The molecule has 0 saturated carbocycles. The van der Waals surface area contributed by atoms with Crippen LogP contribution >= 0.6 is 0 Å². The summed E-state index contributed by atoms with van der Waals surface area (Å²) in [6.45, 7) is 6.40. The van der Waals surface area contributed by atoms with Gasteiger partial charge in [0.1, 0.15) is 11.6 Å². The van der Waals surface area contributed by atoms with E-state index in [-0.39, 0.29) is 12.2 Å². The van der Waals surface area contributed by atoms with E-state index in [0.29, 0.717) is 24.8 Å². The van der Waals surface area contributed by atoms with Crippen LogP contribution in [0.25, 0.3) is 0 Å². The van der Waals surface area contributed by atoms with Crippen molar-refractivity contribution >= 4 is 5.97 Å². The van der Waals surface area contributed by atoms with Crippen LogP contribution in [0, 0.1) is 5.82 Å². The molecule has 0 heterocycles. The highest BCUT2D eigenvalue weighted by Gasteiger charge is 2.09.